The molecule has 1 aliphatic rings. The minimum atomic E-state index is -3.76. The monoisotopic (exact) mass is 259 g/mol. The lowest BCUT2D eigenvalue weighted by Crippen LogP contribution is -2.36. The first kappa shape index (κ1) is 12.1. The molecule has 0 amide bonds. The number of H-pyrrole nitrogens is 1. The van der Waals surface area contributed by atoms with Gasteiger partial charge in [-0.25, -0.2) is 13.2 Å². The summed E-state index contributed by atoms with van der Waals surface area (Å²) in [6.07, 6.45) is 3.62. The Hall–Kier alpha value is -1.41. The number of carboxylic acid groups (broad SMARTS) is 1. The molecule has 2 rings (SSSR count). The van der Waals surface area contributed by atoms with Crippen LogP contribution >= 0.6 is 0 Å². The van der Waals surface area contributed by atoms with Gasteiger partial charge in [0.25, 0.3) is 10.0 Å². The van der Waals surface area contributed by atoms with Crippen LogP contribution in [0.15, 0.2) is 11.2 Å². The number of piperidine rings is 1. The molecule has 1 aliphatic heterocycles. The van der Waals surface area contributed by atoms with Crippen molar-refractivity contribution in [2.45, 2.75) is 24.3 Å². The number of carbonyl (C=O) groups is 1. The quantitative estimate of drug-likeness (QED) is 0.811. The molecule has 1 fully saturated rings. The molecule has 0 spiro atoms. The zero-order valence-electron chi connectivity index (χ0n) is 9.09. The first-order valence-corrected chi connectivity index (χ1v) is 6.74. The molecule has 1 aromatic rings. The second-order valence-corrected chi connectivity index (χ2v) is 5.76. The summed E-state index contributed by atoms with van der Waals surface area (Å²) in [6.45, 7) is 0.862. The standard InChI is InChI=1S/C9H13N3O4S/c13-9(14)7-6-10-11-8(7)17(15,16)12-4-2-1-3-5-12/h6H,1-5H2,(H,10,11)(H,13,14). The molecular weight excluding hydrogens is 246 g/mol. The van der Waals surface area contributed by atoms with Crippen LogP contribution in [0.4, 0.5) is 0 Å². The first-order chi connectivity index (χ1) is 8.03. The lowest BCUT2D eigenvalue weighted by Gasteiger charge is -2.25. The molecule has 2 N–H and O–H groups in total. The lowest BCUT2D eigenvalue weighted by atomic mass is 10.2. The van der Waals surface area contributed by atoms with E-state index in [-0.39, 0.29) is 10.6 Å². The fourth-order valence-electron chi connectivity index (χ4n) is 1.86. The predicted molar refractivity (Wildman–Crippen MR) is 58.2 cm³/mol. The maximum atomic E-state index is 12.2. The molecule has 0 aromatic carbocycles. The van der Waals surface area contributed by atoms with Gasteiger partial charge in [0.1, 0.15) is 5.56 Å². The van der Waals surface area contributed by atoms with Crippen LogP contribution in [0.25, 0.3) is 0 Å². The summed E-state index contributed by atoms with van der Waals surface area (Å²) in [6, 6.07) is 0. The summed E-state index contributed by atoms with van der Waals surface area (Å²) in [4.78, 5) is 10.9. The second kappa shape index (κ2) is 4.46. The van der Waals surface area contributed by atoms with Crippen LogP contribution in [0.2, 0.25) is 0 Å². The third-order valence-corrected chi connectivity index (χ3v) is 4.62. The first-order valence-electron chi connectivity index (χ1n) is 5.30. The van der Waals surface area contributed by atoms with Gasteiger partial charge in [0.05, 0.1) is 6.20 Å². The minimum absolute atomic E-state index is 0.310. The average molecular weight is 259 g/mol. The molecule has 0 radical (unpaired) electrons. The Balaban J connectivity index is 2.37. The molecule has 1 aromatic heterocycles. The third-order valence-electron chi connectivity index (χ3n) is 2.75. The Kier molecular flexibility index (Phi) is 3.16. The van der Waals surface area contributed by atoms with E-state index >= 15 is 0 Å². The van der Waals surface area contributed by atoms with E-state index in [1.807, 2.05) is 0 Å². The number of rotatable bonds is 3. The largest absolute Gasteiger partial charge is 0.478 e. The molecule has 0 atom stereocenters. The number of nitrogens with zero attached hydrogens (tertiary/aromatic N) is 2. The van der Waals surface area contributed by atoms with Crippen LogP contribution in [0.5, 0.6) is 0 Å². The van der Waals surface area contributed by atoms with Crippen molar-refractivity contribution < 1.29 is 18.3 Å². The molecular formula is C9H13N3O4S. The number of sulfonamides is 1. The van der Waals surface area contributed by atoms with Crippen LogP contribution < -0.4 is 0 Å². The topological polar surface area (TPSA) is 103 Å². The maximum absolute atomic E-state index is 12.2. The van der Waals surface area contributed by atoms with Crippen molar-refractivity contribution in [1.29, 1.82) is 0 Å². The number of hydrogen-bond donors (Lipinski definition) is 2. The highest BCUT2D eigenvalue weighted by Crippen LogP contribution is 2.21. The number of aromatic carboxylic acids is 1. The van der Waals surface area contributed by atoms with Crippen LogP contribution in [0.1, 0.15) is 29.6 Å². The molecule has 0 aliphatic carbocycles. The minimum Gasteiger partial charge on any atom is -0.478 e. The predicted octanol–water partition coefficient (Wildman–Crippen LogP) is 0.282. The van der Waals surface area contributed by atoms with Gasteiger partial charge in [0, 0.05) is 13.1 Å². The molecule has 7 nitrogen and oxygen atoms in total. The summed E-state index contributed by atoms with van der Waals surface area (Å²) in [7, 11) is -3.76. The number of nitrogens with one attached hydrogen (secondary N) is 1. The van der Waals surface area contributed by atoms with E-state index in [9.17, 15) is 13.2 Å². The van der Waals surface area contributed by atoms with Crippen LogP contribution in [0.3, 0.4) is 0 Å². The Morgan fingerprint density at radius 2 is 2.00 bits per heavy atom. The van der Waals surface area contributed by atoms with Gasteiger partial charge in [0.15, 0.2) is 5.03 Å². The van der Waals surface area contributed by atoms with E-state index in [4.69, 9.17) is 5.11 Å². The van der Waals surface area contributed by atoms with Crippen molar-refractivity contribution in [3.05, 3.63) is 11.8 Å². The average Bonchev–Trinajstić information content (AvgIpc) is 2.80. The summed E-state index contributed by atoms with van der Waals surface area (Å²) >= 11 is 0. The van der Waals surface area contributed by atoms with Crippen molar-refractivity contribution in [3.8, 4) is 0 Å². The molecule has 17 heavy (non-hydrogen) atoms. The second-order valence-electron chi connectivity index (χ2n) is 3.88. The van der Waals surface area contributed by atoms with E-state index in [0.29, 0.717) is 13.1 Å². The molecule has 0 saturated carbocycles. The van der Waals surface area contributed by atoms with E-state index in [0.717, 1.165) is 25.5 Å². The summed E-state index contributed by atoms with van der Waals surface area (Å²) in [5.74, 6) is -1.30. The van der Waals surface area contributed by atoms with Gasteiger partial charge in [-0.1, -0.05) is 6.42 Å². The Morgan fingerprint density at radius 3 is 2.59 bits per heavy atom. The van der Waals surface area contributed by atoms with Crippen molar-refractivity contribution in [1.82, 2.24) is 14.5 Å². The Morgan fingerprint density at radius 1 is 1.35 bits per heavy atom. The molecule has 8 heteroatoms. The van der Waals surface area contributed by atoms with Gasteiger partial charge in [-0.15, -0.1) is 0 Å². The van der Waals surface area contributed by atoms with Gasteiger partial charge in [-0.05, 0) is 12.8 Å². The number of carboxylic acids is 1. The van der Waals surface area contributed by atoms with Crippen LogP contribution in [-0.4, -0.2) is 47.1 Å². The van der Waals surface area contributed by atoms with Crippen LogP contribution in [-0.2, 0) is 10.0 Å². The highest BCUT2D eigenvalue weighted by atomic mass is 32.2. The Bertz CT molecular complexity index is 516. The van der Waals surface area contributed by atoms with Crippen molar-refractivity contribution in [2.75, 3.05) is 13.1 Å². The van der Waals surface area contributed by atoms with Gasteiger partial charge < -0.3 is 5.11 Å². The van der Waals surface area contributed by atoms with Gasteiger partial charge in [-0.3, -0.25) is 5.10 Å². The van der Waals surface area contributed by atoms with Gasteiger partial charge >= 0.3 is 5.97 Å². The molecule has 0 unspecified atom stereocenters. The van der Waals surface area contributed by atoms with E-state index < -0.39 is 16.0 Å². The summed E-state index contributed by atoms with van der Waals surface area (Å²) in [5, 5.41) is 14.3. The van der Waals surface area contributed by atoms with Gasteiger partial charge in [0.2, 0.25) is 0 Å². The normalized spacial score (nSPS) is 18.1. The van der Waals surface area contributed by atoms with E-state index in [2.05, 4.69) is 10.2 Å². The number of hydrogen-bond acceptors (Lipinski definition) is 4. The third kappa shape index (κ3) is 2.18. The highest BCUT2D eigenvalue weighted by Gasteiger charge is 2.31. The molecule has 94 valence electrons. The molecule has 0 bridgehead atoms. The SMILES string of the molecule is O=C(O)c1cn[nH]c1S(=O)(=O)N1CCCCC1. The zero-order valence-corrected chi connectivity index (χ0v) is 9.90. The van der Waals surface area contributed by atoms with E-state index in [1.165, 1.54) is 4.31 Å². The number of aromatic amines is 1. The zero-order chi connectivity index (χ0) is 12.5. The van der Waals surface area contributed by atoms with Gasteiger partial charge in [-0.2, -0.15) is 9.40 Å². The molecule has 2 heterocycles. The summed E-state index contributed by atoms with van der Waals surface area (Å²) in [5.41, 5.74) is -0.310. The van der Waals surface area contributed by atoms with Crippen molar-refractivity contribution in [2.24, 2.45) is 0 Å². The fourth-order valence-corrected chi connectivity index (χ4v) is 3.44. The molecule has 1 saturated heterocycles. The fraction of sp³-hybridized carbons (Fsp3) is 0.556. The van der Waals surface area contributed by atoms with Crippen molar-refractivity contribution >= 4 is 16.0 Å². The van der Waals surface area contributed by atoms with Crippen molar-refractivity contribution in [3.63, 3.8) is 0 Å². The smallest absolute Gasteiger partial charge is 0.340 e. The van der Waals surface area contributed by atoms with E-state index in [1.54, 1.807) is 0 Å². The highest BCUT2D eigenvalue weighted by molar-refractivity contribution is 7.89. The lowest BCUT2D eigenvalue weighted by molar-refractivity contribution is 0.0692. The maximum Gasteiger partial charge on any atom is 0.340 e. The number of aromatic nitrogens is 2. The summed E-state index contributed by atoms with van der Waals surface area (Å²) < 4.78 is 25.6. The Labute approximate surface area is 98.5 Å². The van der Waals surface area contributed by atoms with Crippen LogP contribution in [0, 0.1) is 0 Å².